The van der Waals surface area contributed by atoms with Crippen LogP contribution in [0, 0.1) is 0 Å². The quantitative estimate of drug-likeness (QED) is 0.507. The molecule has 1 aromatic heterocycles. The van der Waals surface area contributed by atoms with Gasteiger partial charge in [-0.3, -0.25) is 4.79 Å². The summed E-state index contributed by atoms with van der Waals surface area (Å²) >= 11 is 0. The van der Waals surface area contributed by atoms with E-state index in [-0.39, 0.29) is 16.8 Å². The number of aryl methyl sites for hydroxylation is 1. The maximum Gasteiger partial charge on any atom is 0.251 e. The van der Waals surface area contributed by atoms with E-state index in [4.69, 9.17) is 0 Å². The van der Waals surface area contributed by atoms with Crippen LogP contribution in [0.2, 0.25) is 0 Å². The van der Waals surface area contributed by atoms with Crippen molar-refractivity contribution < 1.29 is 13.2 Å². The summed E-state index contributed by atoms with van der Waals surface area (Å²) in [5, 5.41) is 2.86. The molecule has 0 bridgehead atoms. The summed E-state index contributed by atoms with van der Waals surface area (Å²) in [6, 6.07) is 13.9. The number of nitrogens with one attached hydrogen (secondary N) is 3. The first kappa shape index (κ1) is 18.6. The molecule has 0 saturated heterocycles. The Morgan fingerprint density at radius 2 is 1.86 bits per heavy atom. The number of nitrogens with zero attached hydrogens (tertiary/aromatic N) is 1. The van der Waals surface area contributed by atoms with Gasteiger partial charge in [-0.2, -0.15) is 0 Å². The van der Waals surface area contributed by atoms with Crippen LogP contribution in [0.3, 0.4) is 0 Å². The largest absolute Gasteiger partial charge is 0.352 e. The van der Waals surface area contributed by atoms with E-state index in [0.29, 0.717) is 12.1 Å². The van der Waals surface area contributed by atoms with E-state index in [0.717, 1.165) is 42.5 Å². The number of aromatic amines is 1. The summed E-state index contributed by atoms with van der Waals surface area (Å²) in [7, 11) is -3.49. The molecular weight excluding hydrogens is 376 g/mol. The van der Waals surface area contributed by atoms with Crippen molar-refractivity contribution >= 4 is 27.0 Å². The molecule has 146 valence electrons. The van der Waals surface area contributed by atoms with Crippen molar-refractivity contribution in [3.05, 3.63) is 59.9 Å². The van der Waals surface area contributed by atoms with Crippen LogP contribution in [0.25, 0.3) is 11.0 Å². The van der Waals surface area contributed by atoms with E-state index in [1.165, 1.54) is 24.3 Å². The number of benzene rings is 2. The number of hydrogen-bond donors (Lipinski definition) is 3. The zero-order valence-corrected chi connectivity index (χ0v) is 16.1. The molecule has 1 fully saturated rings. The highest BCUT2D eigenvalue weighted by atomic mass is 32.2. The molecular formula is C20H22N4O3S. The summed E-state index contributed by atoms with van der Waals surface area (Å²) in [4.78, 5) is 20.2. The zero-order valence-electron chi connectivity index (χ0n) is 15.3. The molecule has 2 aromatic carbocycles. The van der Waals surface area contributed by atoms with Gasteiger partial charge in [-0.05, 0) is 55.7 Å². The van der Waals surface area contributed by atoms with E-state index in [2.05, 4.69) is 20.0 Å². The smallest absolute Gasteiger partial charge is 0.251 e. The van der Waals surface area contributed by atoms with Crippen molar-refractivity contribution in [3.8, 4) is 0 Å². The van der Waals surface area contributed by atoms with Crippen LogP contribution in [-0.4, -0.2) is 36.9 Å². The first-order valence-electron chi connectivity index (χ1n) is 9.35. The Morgan fingerprint density at radius 1 is 1.11 bits per heavy atom. The molecule has 28 heavy (non-hydrogen) atoms. The average Bonchev–Trinajstić information content (AvgIpc) is 3.39. The van der Waals surface area contributed by atoms with Gasteiger partial charge in [0.25, 0.3) is 5.91 Å². The molecule has 7 nitrogen and oxygen atoms in total. The SMILES string of the molecule is O=C(NCCCc1nc2ccccc2[nH]1)c1ccc(S(=O)(=O)NC2CC2)cc1. The van der Waals surface area contributed by atoms with Gasteiger partial charge in [-0.1, -0.05) is 12.1 Å². The minimum absolute atomic E-state index is 0.0553. The minimum Gasteiger partial charge on any atom is -0.352 e. The first-order chi connectivity index (χ1) is 13.5. The lowest BCUT2D eigenvalue weighted by molar-refractivity contribution is 0.0953. The molecule has 0 spiro atoms. The van der Waals surface area contributed by atoms with Gasteiger partial charge in [0.05, 0.1) is 15.9 Å². The van der Waals surface area contributed by atoms with Gasteiger partial charge < -0.3 is 10.3 Å². The van der Waals surface area contributed by atoms with Gasteiger partial charge in [0.2, 0.25) is 10.0 Å². The number of carbonyl (C=O) groups is 1. The van der Waals surface area contributed by atoms with E-state index < -0.39 is 10.0 Å². The van der Waals surface area contributed by atoms with Gasteiger partial charge in [0.15, 0.2) is 0 Å². The second-order valence-electron chi connectivity index (χ2n) is 6.98. The molecule has 1 aliphatic rings. The minimum atomic E-state index is -3.49. The average molecular weight is 398 g/mol. The third-order valence-corrected chi connectivity index (χ3v) is 6.18. The highest BCUT2D eigenvalue weighted by molar-refractivity contribution is 7.89. The number of rotatable bonds is 8. The number of sulfonamides is 1. The lowest BCUT2D eigenvalue weighted by Crippen LogP contribution is -2.26. The second kappa shape index (κ2) is 7.73. The molecule has 1 amide bonds. The van der Waals surface area contributed by atoms with Crippen LogP contribution in [0.15, 0.2) is 53.4 Å². The first-order valence-corrected chi connectivity index (χ1v) is 10.8. The summed E-state index contributed by atoms with van der Waals surface area (Å²) in [5.74, 6) is 0.678. The fourth-order valence-corrected chi connectivity index (χ4v) is 4.26. The molecule has 3 N–H and O–H groups in total. The summed E-state index contributed by atoms with van der Waals surface area (Å²) in [5.41, 5.74) is 2.38. The summed E-state index contributed by atoms with van der Waals surface area (Å²) in [6.45, 7) is 0.513. The fraction of sp³-hybridized carbons (Fsp3) is 0.300. The van der Waals surface area contributed by atoms with Crippen LogP contribution in [0.4, 0.5) is 0 Å². The van der Waals surface area contributed by atoms with E-state index >= 15 is 0 Å². The van der Waals surface area contributed by atoms with E-state index in [1.807, 2.05) is 24.3 Å². The number of imidazole rings is 1. The monoisotopic (exact) mass is 398 g/mol. The number of para-hydroxylation sites is 2. The molecule has 1 saturated carbocycles. The zero-order chi connectivity index (χ0) is 19.6. The molecule has 3 aromatic rings. The van der Waals surface area contributed by atoms with Gasteiger partial charge in [-0.15, -0.1) is 0 Å². The number of hydrogen-bond acceptors (Lipinski definition) is 4. The third kappa shape index (κ3) is 4.40. The predicted octanol–water partition coefficient (Wildman–Crippen LogP) is 2.37. The third-order valence-electron chi connectivity index (χ3n) is 4.64. The Hall–Kier alpha value is -2.71. The number of H-pyrrole nitrogens is 1. The predicted molar refractivity (Wildman–Crippen MR) is 107 cm³/mol. The molecule has 0 unspecified atom stereocenters. The van der Waals surface area contributed by atoms with Crippen molar-refractivity contribution in [2.45, 2.75) is 36.6 Å². The molecule has 0 atom stereocenters. The highest BCUT2D eigenvalue weighted by Gasteiger charge is 2.27. The van der Waals surface area contributed by atoms with Gasteiger partial charge in [0.1, 0.15) is 5.82 Å². The lowest BCUT2D eigenvalue weighted by Gasteiger charge is -2.07. The second-order valence-corrected chi connectivity index (χ2v) is 8.69. The summed E-state index contributed by atoms with van der Waals surface area (Å²) in [6.07, 6.45) is 3.25. The normalized spacial score (nSPS) is 14.3. The van der Waals surface area contributed by atoms with Crippen LogP contribution in [0.1, 0.15) is 35.4 Å². The van der Waals surface area contributed by atoms with Crippen LogP contribution in [0.5, 0.6) is 0 Å². The number of amides is 1. The number of fused-ring (bicyclic) bond motifs is 1. The van der Waals surface area contributed by atoms with E-state index in [9.17, 15) is 13.2 Å². The number of aromatic nitrogens is 2. The Kier molecular flexibility index (Phi) is 5.15. The van der Waals surface area contributed by atoms with Gasteiger partial charge >= 0.3 is 0 Å². The van der Waals surface area contributed by atoms with Crippen LogP contribution in [-0.2, 0) is 16.4 Å². The van der Waals surface area contributed by atoms with Crippen LogP contribution < -0.4 is 10.0 Å². The topological polar surface area (TPSA) is 104 Å². The molecule has 1 heterocycles. The van der Waals surface area contributed by atoms with Crippen molar-refractivity contribution in [3.63, 3.8) is 0 Å². The molecule has 8 heteroatoms. The molecule has 4 rings (SSSR count). The summed E-state index contributed by atoms with van der Waals surface area (Å²) < 4.78 is 26.9. The van der Waals surface area contributed by atoms with Crippen LogP contribution >= 0.6 is 0 Å². The fourth-order valence-electron chi connectivity index (χ4n) is 2.96. The van der Waals surface area contributed by atoms with E-state index in [1.54, 1.807) is 0 Å². The maximum absolute atomic E-state index is 12.2. The Bertz CT molecular complexity index is 1050. The highest BCUT2D eigenvalue weighted by Crippen LogP contribution is 2.22. The lowest BCUT2D eigenvalue weighted by atomic mass is 10.2. The van der Waals surface area contributed by atoms with Crippen molar-refractivity contribution in [1.29, 1.82) is 0 Å². The van der Waals surface area contributed by atoms with Gasteiger partial charge in [-0.25, -0.2) is 18.1 Å². The Morgan fingerprint density at radius 3 is 2.57 bits per heavy atom. The molecule has 1 aliphatic carbocycles. The number of carbonyl (C=O) groups excluding carboxylic acids is 1. The van der Waals surface area contributed by atoms with Crippen molar-refractivity contribution in [1.82, 2.24) is 20.0 Å². The van der Waals surface area contributed by atoms with Crippen molar-refractivity contribution in [2.75, 3.05) is 6.54 Å². The standard InChI is InChI=1S/C20H22N4O3S/c25-20(14-7-11-16(12-8-14)28(26,27)24-15-9-10-15)21-13-3-6-19-22-17-4-1-2-5-18(17)23-19/h1-2,4-5,7-8,11-12,15,24H,3,6,9-10,13H2,(H,21,25)(H,22,23). The van der Waals surface area contributed by atoms with Gasteiger partial charge in [0, 0.05) is 24.6 Å². The maximum atomic E-state index is 12.2. The molecule has 0 aliphatic heterocycles. The van der Waals surface area contributed by atoms with Crippen molar-refractivity contribution in [2.24, 2.45) is 0 Å². The Balaban J connectivity index is 1.27. The Labute approximate surface area is 163 Å². The molecule has 0 radical (unpaired) electrons.